The lowest BCUT2D eigenvalue weighted by Crippen LogP contribution is -2.52. The van der Waals surface area contributed by atoms with E-state index in [1.807, 2.05) is 42.1 Å². The number of urea groups is 1. The fourth-order valence-corrected chi connectivity index (χ4v) is 8.77. The molecule has 3 saturated heterocycles. The zero-order valence-corrected chi connectivity index (χ0v) is 31.3. The molecule has 3 fully saturated rings. The molecule has 0 spiro atoms. The van der Waals surface area contributed by atoms with Crippen LogP contribution in [0.4, 0.5) is 4.79 Å². The maximum absolute atomic E-state index is 14.4. The molecule has 13 heteroatoms. The Morgan fingerprint density at radius 3 is 2.08 bits per heavy atom. The highest BCUT2D eigenvalue weighted by molar-refractivity contribution is 8.00. The molecule has 0 bridgehead atoms. The quantitative estimate of drug-likeness (QED) is 0.105. The SMILES string of the molecule is O=C(CCCCC1SCC2NC(=O)NC21)NC(Cc1ccccc1)C(=O)N1CC(=Cc2ccc(Cl)c(Cl)c2)C(=O)C(=Cc2ccc(Cl)c(Cl)c2)C1. The fraction of sp³-hybridized carbons (Fsp3) is 0.316. The summed E-state index contributed by atoms with van der Waals surface area (Å²) in [7, 11) is 0. The number of benzene rings is 3. The van der Waals surface area contributed by atoms with Crippen LogP contribution in [0.5, 0.6) is 0 Å². The molecule has 0 radical (unpaired) electrons. The van der Waals surface area contributed by atoms with Crippen LogP contribution in [0.1, 0.15) is 42.4 Å². The third-order valence-corrected chi connectivity index (χ3v) is 12.2. The van der Waals surface area contributed by atoms with Gasteiger partial charge in [0, 0.05) is 48.1 Å². The third kappa shape index (κ3) is 9.50. The Morgan fingerprint density at radius 1 is 0.843 bits per heavy atom. The highest BCUT2D eigenvalue weighted by atomic mass is 35.5. The van der Waals surface area contributed by atoms with Crippen LogP contribution in [-0.4, -0.2) is 70.7 Å². The Bertz CT molecular complexity index is 1820. The number of thioether (sulfide) groups is 1. The number of carbonyl (C=O) groups is 4. The average Bonchev–Trinajstić information content (AvgIpc) is 3.67. The predicted molar refractivity (Wildman–Crippen MR) is 206 cm³/mol. The Hall–Kier alpha value is -3.47. The minimum Gasteiger partial charge on any atom is -0.344 e. The Balaban J connectivity index is 1.20. The number of hydrogen-bond acceptors (Lipinski definition) is 5. The van der Waals surface area contributed by atoms with Crippen LogP contribution < -0.4 is 16.0 Å². The Labute approximate surface area is 321 Å². The molecule has 3 aliphatic heterocycles. The van der Waals surface area contributed by atoms with E-state index in [1.165, 1.54) is 0 Å². The second-order valence-corrected chi connectivity index (χ2v) is 15.8. The van der Waals surface area contributed by atoms with E-state index < -0.39 is 6.04 Å². The average molecular weight is 787 g/mol. The van der Waals surface area contributed by atoms with Gasteiger partial charge < -0.3 is 20.9 Å². The predicted octanol–water partition coefficient (Wildman–Crippen LogP) is 7.63. The summed E-state index contributed by atoms with van der Waals surface area (Å²) in [6, 6.07) is 18.9. The summed E-state index contributed by atoms with van der Waals surface area (Å²) in [4.78, 5) is 55.0. The van der Waals surface area contributed by atoms with E-state index in [4.69, 9.17) is 46.4 Å². The van der Waals surface area contributed by atoms with Crippen LogP contribution in [0.15, 0.2) is 77.9 Å². The van der Waals surface area contributed by atoms with E-state index in [0.29, 0.717) is 54.0 Å². The smallest absolute Gasteiger partial charge is 0.315 e. The van der Waals surface area contributed by atoms with Crippen molar-refractivity contribution >= 4 is 93.9 Å². The molecule has 51 heavy (non-hydrogen) atoms. The number of carbonyl (C=O) groups excluding carboxylic acids is 4. The Morgan fingerprint density at radius 2 is 1.47 bits per heavy atom. The Kier molecular flexibility index (Phi) is 12.4. The van der Waals surface area contributed by atoms with Gasteiger partial charge in [-0.1, -0.05) is 95.3 Å². The number of hydrogen-bond donors (Lipinski definition) is 3. The summed E-state index contributed by atoms with van der Waals surface area (Å²) in [6.07, 6.45) is 6.31. The van der Waals surface area contributed by atoms with Gasteiger partial charge in [-0.25, -0.2) is 4.79 Å². The minimum atomic E-state index is -0.864. The first kappa shape index (κ1) is 37.3. The number of fused-ring (bicyclic) bond motifs is 1. The first-order chi connectivity index (χ1) is 24.5. The van der Waals surface area contributed by atoms with Gasteiger partial charge >= 0.3 is 6.03 Å². The van der Waals surface area contributed by atoms with Crippen molar-refractivity contribution in [1.82, 2.24) is 20.9 Å². The number of nitrogens with zero attached hydrogens (tertiary/aromatic N) is 1. The number of unbranched alkanes of at least 4 members (excludes halogenated alkanes) is 1. The van der Waals surface area contributed by atoms with Crippen LogP contribution >= 0.6 is 58.2 Å². The van der Waals surface area contributed by atoms with E-state index in [-0.39, 0.29) is 61.6 Å². The van der Waals surface area contributed by atoms with E-state index in [0.717, 1.165) is 24.2 Å². The summed E-state index contributed by atoms with van der Waals surface area (Å²) in [5.41, 5.74) is 2.96. The number of piperidine rings is 1. The van der Waals surface area contributed by atoms with E-state index in [1.54, 1.807) is 53.5 Å². The molecule has 3 heterocycles. The van der Waals surface area contributed by atoms with Crippen molar-refractivity contribution in [3.05, 3.63) is 115 Å². The van der Waals surface area contributed by atoms with Crippen molar-refractivity contribution in [2.75, 3.05) is 18.8 Å². The molecule has 4 unspecified atom stereocenters. The molecule has 0 aliphatic carbocycles. The molecule has 6 rings (SSSR count). The number of rotatable bonds is 11. The number of Topliss-reactive ketones (excluding diaryl/α,β-unsaturated/α-hetero) is 1. The number of ketones is 1. The summed E-state index contributed by atoms with van der Waals surface area (Å²) in [6.45, 7) is 0.0643. The molecule has 0 saturated carbocycles. The van der Waals surface area contributed by atoms with Crippen LogP contribution in [0.25, 0.3) is 12.2 Å². The van der Waals surface area contributed by atoms with Crippen molar-refractivity contribution in [1.29, 1.82) is 0 Å². The molecule has 4 amide bonds. The van der Waals surface area contributed by atoms with Crippen LogP contribution in [0.2, 0.25) is 20.1 Å². The summed E-state index contributed by atoms with van der Waals surface area (Å²) < 4.78 is 0. The monoisotopic (exact) mass is 784 g/mol. The molecule has 3 aromatic carbocycles. The largest absolute Gasteiger partial charge is 0.344 e. The van der Waals surface area contributed by atoms with Gasteiger partial charge in [-0.05, 0) is 65.9 Å². The van der Waals surface area contributed by atoms with Gasteiger partial charge in [0.25, 0.3) is 0 Å². The molecule has 3 aliphatic rings. The molecule has 8 nitrogen and oxygen atoms in total. The molecule has 3 aromatic rings. The highest BCUT2D eigenvalue weighted by Crippen LogP contribution is 2.33. The molecular weight excluding hydrogens is 750 g/mol. The van der Waals surface area contributed by atoms with E-state index >= 15 is 0 Å². The zero-order chi connectivity index (χ0) is 36.1. The first-order valence-electron chi connectivity index (χ1n) is 16.7. The van der Waals surface area contributed by atoms with Crippen molar-refractivity contribution in [3.63, 3.8) is 0 Å². The second kappa shape index (κ2) is 16.9. The van der Waals surface area contributed by atoms with Crippen molar-refractivity contribution in [3.8, 4) is 0 Å². The van der Waals surface area contributed by atoms with Gasteiger partial charge in [0.1, 0.15) is 6.04 Å². The molecule has 0 aromatic heterocycles. The maximum atomic E-state index is 14.4. The summed E-state index contributed by atoms with van der Waals surface area (Å²) in [5, 5.41) is 10.7. The normalized spacial score (nSPS) is 22.1. The number of amides is 4. The lowest BCUT2D eigenvalue weighted by Gasteiger charge is -2.33. The fourth-order valence-electron chi connectivity index (χ4n) is 6.61. The first-order valence-corrected chi connectivity index (χ1v) is 19.3. The lowest BCUT2D eigenvalue weighted by atomic mass is 9.93. The van der Waals surface area contributed by atoms with Crippen molar-refractivity contribution in [2.24, 2.45) is 0 Å². The number of likely N-dealkylation sites (tertiary alicyclic amines) is 1. The standard InChI is InChI=1S/C38H36Cl4N4O4S/c39-27-12-10-23(16-29(27)41)14-25-19-46(20-26(36(25)48)15-24-11-13-28(40)30(42)17-24)37(49)31(18-22-6-2-1-3-7-22)43-34(47)9-5-4-8-33-35-32(21-51-33)44-38(50)45-35/h1-3,6-7,10-17,31-33,35H,4-5,8-9,18-21H2,(H,43,47)(H2,44,45,50). The summed E-state index contributed by atoms with van der Waals surface area (Å²) in [5.74, 6) is 0.134. The van der Waals surface area contributed by atoms with E-state index in [2.05, 4.69) is 16.0 Å². The van der Waals surface area contributed by atoms with Crippen molar-refractivity contribution < 1.29 is 19.2 Å². The zero-order valence-electron chi connectivity index (χ0n) is 27.5. The second-order valence-electron chi connectivity index (χ2n) is 12.9. The number of halogens is 4. The van der Waals surface area contributed by atoms with Gasteiger partial charge in [-0.3, -0.25) is 14.4 Å². The van der Waals surface area contributed by atoms with E-state index in [9.17, 15) is 19.2 Å². The van der Waals surface area contributed by atoms with Gasteiger partial charge in [-0.15, -0.1) is 0 Å². The van der Waals surface area contributed by atoms with Crippen LogP contribution in [-0.2, 0) is 20.8 Å². The van der Waals surface area contributed by atoms with Crippen LogP contribution in [0, 0.1) is 0 Å². The molecular formula is C38H36Cl4N4O4S. The van der Waals surface area contributed by atoms with Crippen LogP contribution in [0.3, 0.4) is 0 Å². The topological polar surface area (TPSA) is 108 Å². The number of nitrogens with one attached hydrogen (secondary N) is 3. The summed E-state index contributed by atoms with van der Waals surface area (Å²) >= 11 is 26.7. The third-order valence-electron chi connectivity index (χ3n) is 9.18. The molecule has 3 N–H and O–H groups in total. The molecule has 266 valence electrons. The molecule has 4 atom stereocenters. The highest BCUT2D eigenvalue weighted by Gasteiger charge is 2.42. The van der Waals surface area contributed by atoms with Gasteiger partial charge in [0.15, 0.2) is 5.78 Å². The van der Waals surface area contributed by atoms with Gasteiger partial charge in [0.2, 0.25) is 11.8 Å². The minimum absolute atomic E-state index is 0.0321. The van der Waals surface area contributed by atoms with Gasteiger partial charge in [-0.2, -0.15) is 11.8 Å². The van der Waals surface area contributed by atoms with Crippen molar-refractivity contribution in [2.45, 2.75) is 55.5 Å². The van der Waals surface area contributed by atoms with Gasteiger partial charge in [0.05, 0.1) is 32.2 Å². The maximum Gasteiger partial charge on any atom is 0.315 e. The lowest BCUT2D eigenvalue weighted by molar-refractivity contribution is -0.136.